The molecule has 0 unspecified atom stereocenters. The minimum atomic E-state index is -4.45. The van der Waals surface area contributed by atoms with E-state index in [1.54, 1.807) is 23.0 Å². The second-order valence-corrected chi connectivity index (χ2v) is 3.84. The van der Waals surface area contributed by atoms with Gasteiger partial charge in [0.2, 0.25) is 0 Å². The fourth-order valence-corrected chi connectivity index (χ4v) is 1.77. The van der Waals surface area contributed by atoms with Crippen molar-refractivity contribution in [1.82, 2.24) is 9.55 Å². The molecule has 0 aliphatic heterocycles. The Bertz CT molecular complexity index is 558. The fourth-order valence-electron chi connectivity index (χ4n) is 1.77. The lowest BCUT2D eigenvalue weighted by Gasteiger charge is -2.13. The van der Waals surface area contributed by atoms with Crippen molar-refractivity contribution in [3.05, 3.63) is 42.0 Å². The van der Waals surface area contributed by atoms with Crippen LogP contribution in [0.3, 0.4) is 0 Å². The van der Waals surface area contributed by atoms with Crippen LogP contribution in [0.5, 0.6) is 0 Å². The van der Waals surface area contributed by atoms with E-state index in [1.807, 2.05) is 6.92 Å². The zero-order valence-electron chi connectivity index (χ0n) is 9.70. The molecule has 2 N–H and O–H groups in total. The number of benzene rings is 1. The van der Waals surface area contributed by atoms with Gasteiger partial charge in [0.25, 0.3) is 0 Å². The lowest BCUT2D eigenvalue weighted by Crippen LogP contribution is -2.10. The van der Waals surface area contributed by atoms with E-state index in [-0.39, 0.29) is 5.69 Å². The molecule has 0 aliphatic carbocycles. The number of hydrogen-bond donors (Lipinski definition) is 1. The maximum Gasteiger partial charge on any atom is 0.418 e. The lowest BCUT2D eigenvalue weighted by atomic mass is 10.1. The van der Waals surface area contributed by atoms with Crippen molar-refractivity contribution < 1.29 is 13.2 Å². The highest BCUT2D eigenvalue weighted by molar-refractivity contribution is 5.54. The van der Waals surface area contributed by atoms with Crippen LogP contribution in [0.1, 0.15) is 18.3 Å². The molecule has 3 nitrogen and oxygen atoms in total. The van der Waals surface area contributed by atoms with E-state index in [1.165, 1.54) is 6.07 Å². The Hall–Kier alpha value is -1.98. The third-order valence-electron chi connectivity index (χ3n) is 2.65. The summed E-state index contributed by atoms with van der Waals surface area (Å²) in [5.41, 5.74) is 4.67. The predicted octanol–water partition coefficient (Wildman–Crippen LogP) is 3.04. The highest BCUT2D eigenvalue weighted by atomic mass is 19.4. The summed E-state index contributed by atoms with van der Waals surface area (Å²) >= 11 is 0. The molecule has 1 aromatic heterocycles. The molecule has 0 bridgehead atoms. The van der Waals surface area contributed by atoms with E-state index in [4.69, 9.17) is 5.73 Å². The maximum atomic E-state index is 12.7. The van der Waals surface area contributed by atoms with Crippen LogP contribution in [0, 0.1) is 0 Å². The molecule has 0 radical (unpaired) electrons. The third-order valence-corrected chi connectivity index (χ3v) is 2.65. The average molecular weight is 255 g/mol. The summed E-state index contributed by atoms with van der Waals surface area (Å²) in [4.78, 5) is 4.08. The first-order valence-electron chi connectivity index (χ1n) is 5.42. The van der Waals surface area contributed by atoms with Gasteiger partial charge in [0.1, 0.15) is 5.82 Å². The van der Waals surface area contributed by atoms with Gasteiger partial charge in [-0.25, -0.2) is 4.98 Å². The molecule has 0 atom stereocenters. The van der Waals surface area contributed by atoms with Crippen molar-refractivity contribution in [2.24, 2.45) is 0 Å². The van der Waals surface area contributed by atoms with Gasteiger partial charge in [0.15, 0.2) is 0 Å². The van der Waals surface area contributed by atoms with Gasteiger partial charge < -0.3 is 10.3 Å². The number of nitrogens with two attached hydrogens (primary N) is 1. The van der Waals surface area contributed by atoms with Crippen molar-refractivity contribution in [2.45, 2.75) is 19.5 Å². The van der Waals surface area contributed by atoms with Crippen LogP contribution < -0.4 is 5.73 Å². The maximum absolute atomic E-state index is 12.7. The quantitative estimate of drug-likeness (QED) is 0.838. The first-order valence-corrected chi connectivity index (χ1v) is 5.42. The van der Waals surface area contributed by atoms with E-state index in [9.17, 15) is 13.2 Å². The standard InChI is InChI=1S/C12H12F3N3/c1-2-11-17-5-6-18(11)8-3-4-10(16)9(7-8)12(13,14)15/h3-7H,2,16H2,1H3. The molecule has 6 heteroatoms. The molecular weight excluding hydrogens is 243 g/mol. The first-order chi connectivity index (χ1) is 8.43. The first kappa shape index (κ1) is 12.5. The van der Waals surface area contributed by atoms with Gasteiger partial charge in [-0.1, -0.05) is 6.92 Å². The fraction of sp³-hybridized carbons (Fsp3) is 0.250. The number of nitrogen functional groups attached to an aromatic ring is 1. The molecule has 0 spiro atoms. The van der Waals surface area contributed by atoms with Crippen molar-refractivity contribution >= 4 is 5.69 Å². The Morgan fingerprint density at radius 1 is 1.33 bits per heavy atom. The molecule has 0 fully saturated rings. The van der Waals surface area contributed by atoms with E-state index >= 15 is 0 Å². The minimum Gasteiger partial charge on any atom is -0.398 e. The van der Waals surface area contributed by atoms with E-state index in [2.05, 4.69) is 4.98 Å². The highest BCUT2D eigenvalue weighted by Gasteiger charge is 2.33. The number of hydrogen-bond acceptors (Lipinski definition) is 2. The number of imidazole rings is 1. The second kappa shape index (κ2) is 4.36. The summed E-state index contributed by atoms with van der Waals surface area (Å²) in [6.45, 7) is 1.89. The second-order valence-electron chi connectivity index (χ2n) is 3.84. The summed E-state index contributed by atoms with van der Waals surface area (Å²) < 4.78 is 39.9. The number of anilines is 1. The van der Waals surface area contributed by atoms with E-state index in [0.717, 1.165) is 6.07 Å². The largest absolute Gasteiger partial charge is 0.418 e. The minimum absolute atomic E-state index is 0.274. The number of rotatable bonds is 2. The van der Waals surface area contributed by atoms with Crippen LogP contribution in [0.15, 0.2) is 30.6 Å². The molecule has 0 saturated heterocycles. The van der Waals surface area contributed by atoms with Gasteiger partial charge in [0.05, 0.1) is 5.56 Å². The van der Waals surface area contributed by atoms with Gasteiger partial charge in [-0.3, -0.25) is 0 Å². The molecule has 18 heavy (non-hydrogen) atoms. The monoisotopic (exact) mass is 255 g/mol. The number of alkyl halides is 3. The zero-order valence-corrected chi connectivity index (χ0v) is 9.70. The van der Waals surface area contributed by atoms with Crippen LogP contribution in [-0.2, 0) is 12.6 Å². The molecule has 0 aliphatic rings. The summed E-state index contributed by atoms with van der Waals surface area (Å²) in [5.74, 6) is 0.702. The number of aryl methyl sites for hydroxylation is 1. The summed E-state index contributed by atoms with van der Waals surface area (Å²) in [6.07, 6.45) is -0.626. The summed E-state index contributed by atoms with van der Waals surface area (Å²) in [7, 11) is 0. The third kappa shape index (κ3) is 2.18. The molecule has 96 valence electrons. The topological polar surface area (TPSA) is 43.8 Å². The van der Waals surface area contributed by atoms with Gasteiger partial charge in [-0.05, 0) is 18.2 Å². The van der Waals surface area contributed by atoms with Crippen LogP contribution >= 0.6 is 0 Å². The number of halogens is 3. The Morgan fingerprint density at radius 3 is 2.67 bits per heavy atom. The Kier molecular flexibility index (Phi) is 3.02. The molecule has 1 heterocycles. The van der Waals surface area contributed by atoms with Gasteiger partial charge >= 0.3 is 6.18 Å². The molecule has 0 saturated carbocycles. The van der Waals surface area contributed by atoms with E-state index < -0.39 is 11.7 Å². The van der Waals surface area contributed by atoms with Crippen LogP contribution in [0.25, 0.3) is 5.69 Å². The van der Waals surface area contributed by atoms with Crippen LogP contribution in [0.4, 0.5) is 18.9 Å². The molecule has 2 aromatic rings. The van der Waals surface area contributed by atoms with Gasteiger partial charge in [-0.15, -0.1) is 0 Å². The normalized spacial score (nSPS) is 11.8. The summed E-state index contributed by atoms with van der Waals surface area (Å²) in [5, 5.41) is 0. The number of aromatic nitrogens is 2. The molecule has 0 amide bonds. The van der Waals surface area contributed by atoms with Crippen molar-refractivity contribution in [2.75, 3.05) is 5.73 Å². The lowest BCUT2D eigenvalue weighted by molar-refractivity contribution is -0.136. The molecular formula is C12H12F3N3. The SMILES string of the molecule is CCc1nccn1-c1ccc(N)c(C(F)(F)F)c1. The Balaban J connectivity index is 2.54. The van der Waals surface area contributed by atoms with Crippen LogP contribution in [-0.4, -0.2) is 9.55 Å². The molecule has 1 aromatic carbocycles. The van der Waals surface area contributed by atoms with E-state index in [0.29, 0.717) is 17.9 Å². The Morgan fingerprint density at radius 2 is 2.06 bits per heavy atom. The smallest absolute Gasteiger partial charge is 0.398 e. The molecule has 2 rings (SSSR count). The van der Waals surface area contributed by atoms with Gasteiger partial charge in [-0.2, -0.15) is 13.2 Å². The number of nitrogens with zero attached hydrogens (tertiary/aromatic N) is 2. The Labute approximate surface area is 102 Å². The summed E-state index contributed by atoms with van der Waals surface area (Å²) in [6, 6.07) is 3.85. The van der Waals surface area contributed by atoms with Gasteiger partial charge in [0, 0.05) is 30.2 Å². The van der Waals surface area contributed by atoms with Crippen molar-refractivity contribution in [3.63, 3.8) is 0 Å². The average Bonchev–Trinajstić information content (AvgIpc) is 2.76. The highest BCUT2D eigenvalue weighted by Crippen LogP contribution is 2.34. The zero-order chi connectivity index (χ0) is 13.3. The van der Waals surface area contributed by atoms with Crippen LogP contribution in [0.2, 0.25) is 0 Å². The van der Waals surface area contributed by atoms with Crippen molar-refractivity contribution in [3.8, 4) is 5.69 Å². The van der Waals surface area contributed by atoms with Crippen molar-refractivity contribution in [1.29, 1.82) is 0 Å². The predicted molar refractivity (Wildman–Crippen MR) is 62.4 cm³/mol.